The summed E-state index contributed by atoms with van der Waals surface area (Å²) < 4.78 is -1.28. The minimum absolute atomic E-state index is 0.456. The van der Waals surface area contributed by atoms with Crippen LogP contribution in [0, 0.1) is 5.21 Å². The van der Waals surface area contributed by atoms with E-state index in [-0.39, 0.29) is 0 Å². The Kier molecular flexibility index (Phi) is 1.43. The van der Waals surface area contributed by atoms with E-state index in [0.717, 1.165) is 17.5 Å². The second-order valence-corrected chi connectivity index (χ2v) is 3.46. The van der Waals surface area contributed by atoms with E-state index in [1.165, 1.54) is 0 Å². The van der Waals surface area contributed by atoms with Crippen LogP contribution in [-0.2, 0) is 5.75 Å². The summed E-state index contributed by atoms with van der Waals surface area (Å²) in [5.74, 6) is 0.593. The average molecular weight is 169 g/mol. The summed E-state index contributed by atoms with van der Waals surface area (Å²) in [6.45, 7) is 0. The van der Waals surface area contributed by atoms with Gasteiger partial charge in [-0.25, -0.2) is 0 Å². The van der Waals surface area contributed by atoms with Crippen molar-refractivity contribution in [2.75, 3.05) is 0 Å². The number of quaternary nitrogens is 1. The van der Waals surface area contributed by atoms with Gasteiger partial charge in [-0.05, 0) is 0 Å². The van der Waals surface area contributed by atoms with Gasteiger partial charge in [0.15, 0.2) is 5.69 Å². The molecule has 0 aliphatic carbocycles. The molecule has 0 fully saturated rings. The van der Waals surface area contributed by atoms with Crippen LogP contribution in [0.15, 0.2) is 24.3 Å². The van der Waals surface area contributed by atoms with Crippen LogP contribution < -0.4 is 4.21 Å². The zero-order valence-electron chi connectivity index (χ0n) is 5.73. The average Bonchev–Trinajstić information content (AvgIpc) is 2.29. The van der Waals surface area contributed by atoms with Gasteiger partial charge >= 0.3 is 0 Å². The molecule has 1 aromatic carbocycles. The highest BCUT2D eigenvalue weighted by Gasteiger charge is 2.31. The number of para-hydroxylation sites is 1. The Labute approximate surface area is 68.5 Å². The van der Waals surface area contributed by atoms with E-state index in [9.17, 15) is 10.4 Å². The molecule has 0 amide bonds. The minimum Gasteiger partial charge on any atom is -0.581 e. The van der Waals surface area contributed by atoms with E-state index in [2.05, 4.69) is 0 Å². The summed E-state index contributed by atoms with van der Waals surface area (Å²) in [5.41, 5.74) is 1.38. The lowest BCUT2D eigenvalue weighted by molar-refractivity contribution is 0.0771. The molecule has 0 aromatic heterocycles. The summed E-state index contributed by atoms with van der Waals surface area (Å²) >= 11 is 0.966. The fourth-order valence-corrected chi connectivity index (χ4v) is 2.01. The van der Waals surface area contributed by atoms with Crippen LogP contribution in [0.25, 0.3) is 0 Å². The van der Waals surface area contributed by atoms with Crippen LogP contribution in [0.3, 0.4) is 0 Å². The third-order valence-electron chi connectivity index (χ3n) is 1.69. The first kappa shape index (κ1) is 7.12. The highest BCUT2D eigenvalue weighted by molar-refractivity contribution is 7.98. The number of hydrogen-bond donors (Lipinski definition) is 1. The lowest BCUT2D eigenvalue weighted by atomic mass is 10.2. The molecule has 0 spiro atoms. The predicted molar refractivity (Wildman–Crippen MR) is 44.7 cm³/mol. The van der Waals surface area contributed by atoms with Gasteiger partial charge in [-0.1, -0.05) is 18.2 Å². The number of benzene rings is 1. The van der Waals surface area contributed by atoms with Gasteiger partial charge in [0.2, 0.25) is 0 Å². The molecule has 1 aliphatic rings. The highest BCUT2D eigenvalue weighted by atomic mass is 32.2. The molecular weight excluding hydrogens is 162 g/mol. The van der Waals surface area contributed by atoms with Crippen molar-refractivity contribution < 1.29 is 5.21 Å². The first-order valence-electron chi connectivity index (χ1n) is 3.26. The Balaban J connectivity index is 2.56. The molecule has 0 radical (unpaired) electrons. The molecule has 1 N–H and O–H groups in total. The Morgan fingerprint density at radius 3 is 2.91 bits per heavy atom. The van der Waals surface area contributed by atoms with Gasteiger partial charge in [0.25, 0.3) is 0 Å². The quantitative estimate of drug-likeness (QED) is 0.367. The summed E-state index contributed by atoms with van der Waals surface area (Å²) in [6, 6.07) is 7.13. The second-order valence-electron chi connectivity index (χ2n) is 2.42. The number of nitrogens with zero attached hydrogens (tertiary/aromatic N) is 1. The van der Waals surface area contributed by atoms with Crippen LogP contribution >= 0.6 is 11.9 Å². The molecule has 2 rings (SSSR count). The van der Waals surface area contributed by atoms with E-state index in [1.807, 2.05) is 12.1 Å². The first-order chi connectivity index (χ1) is 5.20. The molecule has 0 saturated heterocycles. The Bertz CT molecular complexity index is 288. The lowest BCUT2D eigenvalue weighted by Gasteiger charge is -2.24. The molecule has 58 valence electrons. The van der Waals surface area contributed by atoms with Gasteiger partial charge in [0.05, 0.1) is 5.75 Å². The van der Waals surface area contributed by atoms with Crippen molar-refractivity contribution in [1.29, 1.82) is 0 Å². The third kappa shape index (κ3) is 1.04. The van der Waals surface area contributed by atoms with Gasteiger partial charge in [-0.3, -0.25) is 0 Å². The molecule has 1 aliphatic heterocycles. The van der Waals surface area contributed by atoms with E-state index >= 15 is 0 Å². The Morgan fingerprint density at radius 2 is 2.18 bits per heavy atom. The molecule has 0 bridgehead atoms. The maximum Gasteiger partial charge on any atom is 0.181 e. The normalized spacial score (nSPS) is 28.5. The molecule has 1 atom stereocenters. The monoisotopic (exact) mass is 169 g/mol. The van der Waals surface area contributed by atoms with E-state index in [0.29, 0.717) is 11.4 Å². The zero-order chi connectivity index (χ0) is 7.90. The van der Waals surface area contributed by atoms with Crippen LogP contribution in [0.1, 0.15) is 5.56 Å². The van der Waals surface area contributed by atoms with Crippen LogP contribution in [0.2, 0.25) is 0 Å². The van der Waals surface area contributed by atoms with E-state index in [1.54, 1.807) is 12.1 Å². The van der Waals surface area contributed by atoms with Gasteiger partial charge in [0.1, 0.15) is 11.9 Å². The van der Waals surface area contributed by atoms with E-state index in [4.69, 9.17) is 0 Å². The molecule has 4 heteroatoms. The van der Waals surface area contributed by atoms with Crippen LogP contribution in [0.4, 0.5) is 5.69 Å². The van der Waals surface area contributed by atoms with Crippen LogP contribution in [-0.4, -0.2) is 5.21 Å². The van der Waals surface area contributed by atoms with Crippen molar-refractivity contribution in [2.45, 2.75) is 5.75 Å². The maximum absolute atomic E-state index is 11.2. The third-order valence-corrected chi connectivity index (χ3v) is 2.68. The van der Waals surface area contributed by atoms with Crippen molar-refractivity contribution >= 4 is 17.6 Å². The van der Waals surface area contributed by atoms with Gasteiger partial charge in [-0.15, -0.1) is 4.21 Å². The van der Waals surface area contributed by atoms with Crippen LogP contribution in [0.5, 0.6) is 0 Å². The van der Waals surface area contributed by atoms with Crippen molar-refractivity contribution in [3.05, 3.63) is 35.0 Å². The number of hydrogen-bond acceptors (Lipinski definition) is 3. The molecule has 1 heterocycles. The number of rotatable bonds is 0. The minimum atomic E-state index is -1.28. The summed E-state index contributed by atoms with van der Waals surface area (Å²) in [4.78, 5) is 0. The van der Waals surface area contributed by atoms with E-state index < -0.39 is 4.21 Å². The Hall–Kier alpha value is -0.550. The second kappa shape index (κ2) is 2.22. The first-order valence-corrected chi connectivity index (χ1v) is 4.20. The van der Waals surface area contributed by atoms with Crippen molar-refractivity contribution in [3.8, 4) is 0 Å². The van der Waals surface area contributed by atoms with Gasteiger partial charge in [0, 0.05) is 11.6 Å². The number of fused-ring (bicyclic) bond motifs is 1. The molecule has 3 nitrogen and oxygen atoms in total. The largest absolute Gasteiger partial charge is 0.581 e. The molecule has 11 heavy (non-hydrogen) atoms. The highest BCUT2D eigenvalue weighted by Crippen LogP contribution is 2.41. The summed E-state index contributed by atoms with van der Waals surface area (Å²) in [6.07, 6.45) is 0. The fourth-order valence-electron chi connectivity index (χ4n) is 1.14. The molecule has 1 aromatic rings. The van der Waals surface area contributed by atoms with Crippen molar-refractivity contribution in [3.63, 3.8) is 0 Å². The van der Waals surface area contributed by atoms with Crippen molar-refractivity contribution in [2.24, 2.45) is 0 Å². The molecular formula is C7H7NO2S. The summed E-state index contributed by atoms with van der Waals surface area (Å²) in [7, 11) is 0. The maximum atomic E-state index is 11.2. The van der Waals surface area contributed by atoms with Crippen molar-refractivity contribution in [1.82, 2.24) is 4.21 Å². The predicted octanol–water partition coefficient (Wildman–Crippen LogP) is 2.04. The SMILES string of the molecule is [O-][N+]1(O)SCc2ccccc21. The summed E-state index contributed by atoms with van der Waals surface area (Å²) in [5, 5.41) is 20.4. The van der Waals surface area contributed by atoms with Gasteiger partial charge < -0.3 is 5.21 Å². The molecule has 1 unspecified atom stereocenters. The standard InChI is InChI=1S/C7H7NO2S/c9-8(10)7-4-2-1-3-6(7)5-11-8/h1-4,9H,5H2. The molecule has 0 saturated carbocycles. The van der Waals surface area contributed by atoms with Gasteiger partial charge in [-0.2, -0.15) is 5.21 Å². The smallest absolute Gasteiger partial charge is 0.181 e. The Morgan fingerprint density at radius 1 is 1.45 bits per heavy atom. The topological polar surface area (TPSA) is 43.3 Å². The fraction of sp³-hybridized carbons (Fsp3) is 0.143. The zero-order valence-corrected chi connectivity index (χ0v) is 6.54. The lowest BCUT2D eigenvalue weighted by Crippen LogP contribution is -2.26.